The third kappa shape index (κ3) is 2.57. The van der Waals surface area contributed by atoms with Gasteiger partial charge in [-0.05, 0) is 6.42 Å². The van der Waals surface area contributed by atoms with E-state index in [0.29, 0.717) is 6.42 Å². The van der Waals surface area contributed by atoms with Crippen molar-refractivity contribution in [1.82, 2.24) is 9.78 Å². The van der Waals surface area contributed by atoms with Crippen LogP contribution in [0, 0.1) is 0 Å². The highest BCUT2D eigenvalue weighted by atomic mass is 16.1. The van der Waals surface area contributed by atoms with Crippen LogP contribution < -0.4 is 5.32 Å². The van der Waals surface area contributed by atoms with Crippen molar-refractivity contribution >= 4 is 11.7 Å². The van der Waals surface area contributed by atoms with Crippen LogP contribution in [-0.2, 0) is 11.3 Å². The summed E-state index contributed by atoms with van der Waals surface area (Å²) in [4.78, 5) is 11.1. The number of aryl methyl sites for hydroxylation is 1. The Balaban J connectivity index is 2.64. The molecule has 0 aromatic carbocycles. The Morgan fingerprint density at radius 2 is 2.38 bits per heavy atom. The monoisotopic (exact) mass is 181 g/mol. The summed E-state index contributed by atoms with van der Waals surface area (Å²) in [6.07, 6.45) is 3.20. The summed E-state index contributed by atoms with van der Waals surface area (Å²) in [5, 5.41) is 6.88. The zero-order chi connectivity index (χ0) is 9.68. The number of nitrogens with one attached hydrogen (secondary N) is 1. The topological polar surface area (TPSA) is 46.9 Å². The molecule has 0 aliphatic carbocycles. The Labute approximate surface area is 77.9 Å². The molecule has 0 fully saturated rings. The number of hydrogen-bond acceptors (Lipinski definition) is 2. The van der Waals surface area contributed by atoms with Gasteiger partial charge in [0.25, 0.3) is 0 Å². The second-order valence-corrected chi connectivity index (χ2v) is 2.84. The molecule has 4 heteroatoms. The SMILES string of the molecule is CCCn1nccc1NC(=O)CC. The molecule has 13 heavy (non-hydrogen) atoms. The van der Waals surface area contributed by atoms with Gasteiger partial charge in [0.2, 0.25) is 5.91 Å². The Hall–Kier alpha value is -1.32. The van der Waals surface area contributed by atoms with Gasteiger partial charge in [0.05, 0.1) is 6.20 Å². The van der Waals surface area contributed by atoms with Gasteiger partial charge in [-0.3, -0.25) is 4.79 Å². The van der Waals surface area contributed by atoms with Crippen LogP contribution in [0.2, 0.25) is 0 Å². The number of carbonyl (C=O) groups is 1. The normalized spacial score (nSPS) is 10.0. The predicted molar refractivity (Wildman–Crippen MR) is 51.4 cm³/mol. The van der Waals surface area contributed by atoms with E-state index in [-0.39, 0.29) is 5.91 Å². The number of amides is 1. The first-order valence-electron chi connectivity index (χ1n) is 4.59. The average Bonchev–Trinajstić information content (AvgIpc) is 2.54. The molecule has 0 saturated heterocycles. The van der Waals surface area contributed by atoms with Gasteiger partial charge in [-0.15, -0.1) is 0 Å². The molecule has 0 aliphatic heterocycles. The molecule has 0 spiro atoms. The van der Waals surface area contributed by atoms with Gasteiger partial charge >= 0.3 is 0 Å². The number of nitrogens with zero attached hydrogens (tertiary/aromatic N) is 2. The van der Waals surface area contributed by atoms with Gasteiger partial charge in [-0.1, -0.05) is 13.8 Å². The van der Waals surface area contributed by atoms with E-state index in [1.165, 1.54) is 0 Å². The Morgan fingerprint density at radius 3 is 3.00 bits per heavy atom. The van der Waals surface area contributed by atoms with E-state index in [2.05, 4.69) is 17.3 Å². The van der Waals surface area contributed by atoms with Gasteiger partial charge in [0.1, 0.15) is 5.82 Å². The molecule has 0 aliphatic rings. The fraction of sp³-hybridized carbons (Fsp3) is 0.556. The molecule has 1 amide bonds. The molecule has 4 nitrogen and oxygen atoms in total. The van der Waals surface area contributed by atoms with Crippen molar-refractivity contribution in [3.63, 3.8) is 0 Å². The summed E-state index contributed by atoms with van der Waals surface area (Å²) in [6.45, 7) is 4.75. The molecule has 72 valence electrons. The van der Waals surface area contributed by atoms with Crippen molar-refractivity contribution in [1.29, 1.82) is 0 Å². The molecule has 0 bridgehead atoms. The zero-order valence-electron chi connectivity index (χ0n) is 8.08. The maximum Gasteiger partial charge on any atom is 0.225 e. The summed E-state index contributed by atoms with van der Waals surface area (Å²) in [5.74, 6) is 0.812. The third-order valence-electron chi connectivity index (χ3n) is 1.74. The molecule has 0 unspecified atom stereocenters. The number of rotatable bonds is 4. The summed E-state index contributed by atoms with van der Waals surface area (Å²) in [7, 11) is 0. The van der Waals surface area contributed by atoms with E-state index < -0.39 is 0 Å². The van der Waals surface area contributed by atoms with E-state index in [4.69, 9.17) is 0 Å². The molecule has 0 atom stereocenters. The van der Waals surface area contributed by atoms with Crippen LogP contribution in [0.5, 0.6) is 0 Å². The van der Waals surface area contributed by atoms with Crippen LogP contribution in [-0.4, -0.2) is 15.7 Å². The highest BCUT2D eigenvalue weighted by molar-refractivity contribution is 5.89. The molecule has 1 aromatic heterocycles. The minimum absolute atomic E-state index is 0.0258. The number of hydrogen-bond donors (Lipinski definition) is 1. The van der Waals surface area contributed by atoms with Gasteiger partial charge in [-0.2, -0.15) is 5.10 Å². The lowest BCUT2D eigenvalue weighted by Crippen LogP contribution is -2.14. The lowest BCUT2D eigenvalue weighted by atomic mass is 10.4. The van der Waals surface area contributed by atoms with E-state index in [1.807, 2.05) is 13.0 Å². The van der Waals surface area contributed by atoms with Gasteiger partial charge in [0.15, 0.2) is 0 Å². The van der Waals surface area contributed by atoms with Crippen molar-refractivity contribution < 1.29 is 4.79 Å². The summed E-state index contributed by atoms with van der Waals surface area (Å²) in [5.41, 5.74) is 0. The van der Waals surface area contributed by atoms with Gasteiger partial charge in [-0.25, -0.2) is 4.68 Å². The Bertz CT molecular complexity index is 280. The largest absolute Gasteiger partial charge is 0.311 e. The fourth-order valence-corrected chi connectivity index (χ4v) is 1.06. The Morgan fingerprint density at radius 1 is 1.62 bits per heavy atom. The molecular weight excluding hydrogens is 166 g/mol. The van der Waals surface area contributed by atoms with Crippen molar-refractivity contribution in [3.8, 4) is 0 Å². The lowest BCUT2D eigenvalue weighted by Gasteiger charge is -2.06. The van der Waals surface area contributed by atoms with Crippen LogP contribution >= 0.6 is 0 Å². The lowest BCUT2D eigenvalue weighted by molar-refractivity contribution is -0.115. The van der Waals surface area contributed by atoms with Crippen molar-refractivity contribution in [3.05, 3.63) is 12.3 Å². The number of anilines is 1. The average molecular weight is 181 g/mol. The van der Waals surface area contributed by atoms with E-state index in [0.717, 1.165) is 18.8 Å². The second kappa shape index (κ2) is 4.64. The fourth-order valence-electron chi connectivity index (χ4n) is 1.06. The summed E-state index contributed by atoms with van der Waals surface area (Å²) in [6, 6.07) is 1.81. The third-order valence-corrected chi connectivity index (χ3v) is 1.74. The Kier molecular flexibility index (Phi) is 3.49. The van der Waals surface area contributed by atoms with Crippen LogP contribution in [0.1, 0.15) is 26.7 Å². The quantitative estimate of drug-likeness (QED) is 0.767. The predicted octanol–water partition coefficient (Wildman–Crippen LogP) is 1.64. The smallest absolute Gasteiger partial charge is 0.225 e. The van der Waals surface area contributed by atoms with Gasteiger partial charge in [0, 0.05) is 19.0 Å². The standard InChI is InChI=1S/C9H15N3O/c1-3-7-12-8(5-6-10-12)11-9(13)4-2/h5-6H,3-4,7H2,1-2H3,(H,11,13). The first-order chi connectivity index (χ1) is 6.27. The molecule has 1 rings (SSSR count). The zero-order valence-corrected chi connectivity index (χ0v) is 8.08. The molecule has 1 heterocycles. The van der Waals surface area contributed by atoms with Crippen molar-refractivity contribution in [2.45, 2.75) is 33.2 Å². The van der Waals surface area contributed by atoms with Crippen LogP contribution in [0.3, 0.4) is 0 Å². The maximum atomic E-state index is 11.1. The van der Waals surface area contributed by atoms with Crippen molar-refractivity contribution in [2.24, 2.45) is 0 Å². The summed E-state index contributed by atoms with van der Waals surface area (Å²) < 4.78 is 1.80. The minimum atomic E-state index is 0.0258. The van der Waals surface area contributed by atoms with E-state index in [9.17, 15) is 4.79 Å². The second-order valence-electron chi connectivity index (χ2n) is 2.84. The van der Waals surface area contributed by atoms with Crippen LogP contribution in [0.25, 0.3) is 0 Å². The molecule has 0 saturated carbocycles. The summed E-state index contributed by atoms with van der Waals surface area (Å²) >= 11 is 0. The van der Waals surface area contributed by atoms with E-state index in [1.54, 1.807) is 10.9 Å². The van der Waals surface area contributed by atoms with Gasteiger partial charge < -0.3 is 5.32 Å². The molecule has 1 aromatic rings. The molecule has 1 N–H and O–H groups in total. The highest BCUT2D eigenvalue weighted by Gasteiger charge is 2.03. The molecule has 0 radical (unpaired) electrons. The first-order valence-corrected chi connectivity index (χ1v) is 4.59. The maximum absolute atomic E-state index is 11.1. The minimum Gasteiger partial charge on any atom is -0.311 e. The first kappa shape index (κ1) is 9.77. The highest BCUT2D eigenvalue weighted by Crippen LogP contribution is 2.06. The van der Waals surface area contributed by atoms with Crippen LogP contribution in [0.4, 0.5) is 5.82 Å². The molecular formula is C9H15N3O. The number of carbonyl (C=O) groups excluding carboxylic acids is 1. The number of aromatic nitrogens is 2. The van der Waals surface area contributed by atoms with Crippen molar-refractivity contribution in [2.75, 3.05) is 5.32 Å². The van der Waals surface area contributed by atoms with E-state index >= 15 is 0 Å². The van der Waals surface area contributed by atoms with Crippen LogP contribution in [0.15, 0.2) is 12.3 Å².